The van der Waals surface area contributed by atoms with Gasteiger partial charge in [0, 0.05) is 0 Å². The van der Waals surface area contributed by atoms with E-state index in [1.165, 1.54) is 10.9 Å². The molecule has 2 aromatic heterocycles. The number of nitrogens with two attached hydrogens (primary N) is 1. The number of hydrogen-bond donors (Lipinski definition) is 3. The number of benzene rings is 1. The van der Waals surface area contributed by atoms with Gasteiger partial charge < -0.3 is 10.3 Å². The summed E-state index contributed by atoms with van der Waals surface area (Å²) in [5.41, 5.74) is 5.59. The molecule has 0 aliphatic rings. The van der Waals surface area contributed by atoms with E-state index < -0.39 is 11.8 Å². The van der Waals surface area contributed by atoms with Crippen molar-refractivity contribution >= 4 is 35.2 Å². The molecule has 0 fully saturated rings. The zero-order chi connectivity index (χ0) is 19.4. The van der Waals surface area contributed by atoms with Gasteiger partial charge in [0.25, 0.3) is 5.91 Å². The Morgan fingerprint density at radius 1 is 1.26 bits per heavy atom. The molecule has 0 bridgehead atoms. The highest BCUT2D eigenvalue weighted by atomic mass is 35.5. The molecule has 0 saturated carbocycles. The van der Waals surface area contributed by atoms with Gasteiger partial charge in [-0.3, -0.25) is 20.4 Å². The molecule has 0 unspecified atom stereocenters. The van der Waals surface area contributed by atoms with E-state index in [-0.39, 0.29) is 16.3 Å². The van der Waals surface area contributed by atoms with Gasteiger partial charge in [-0.15, -0.1) is 10.2 Å². The fourth-order valence-electron chi connectivity index (χ4n) is 2.18. The van der Waals surface area contributed by atoms with E-state index in [1.54, 1.807) is 37.3 Å². The highest BCUT2D eigenvalue weighted by molar-refractivity contribution is 7.99. The van der Waals surface area contributed by atoms with Gasteiger partial charge in [-0.05, 0) is 25.1 Å². The quantitative estimate of drug-likeness (QED) is 0.334. The van der Waals surface area contributed by atoms with Crippen molar-refractivity contribution < 1.29 is 14.0 Å². The molecule has 4 N–H and O–H groups in total. The second-order valence-corrected chi connectivity index (χ2v) is 6.69. The van der Waals surface area contributed by atoms with E-state index in [2.05, 4.69) is 21.0 Å². The summed E-state index contributed by atoms with van der Waals surface area (Å²) >= 11 is 7.01. The Morgan fingerprint density at radius 2 is 2.04 bits per heavy atom. The Balaban J connectivity index is 1.54. The van der Waals surface area contributed by atoms with Crippen molar-refractivity contribution in [1.82, 2.24) is 25.7 Å². The number of nitrogens with zero attached hydrogens (tertiary/aromatic N) is 3. The number of halogens is 1. The van der Waals surface area contributed by atoms with E-state index in [4.69, 9.17) is 21.9 Å². The number of aryl methyl sites for hydroxylation is 1. The first kappa shape index (κ1) is 18.8. The minimum absolute atomic E-state index is 0.0253. The van der Waals surface area contributed by atoms with Crippen LogP contribution in [0.15, 0.2) is 46.2 Å². The summed E-state index contributed by atoms with van der Waals surface area (Å²) in [5, 5.41) is 8.61. The van der Waals surface area contributed by atoms with Crippen molar-refractivity contribution in [1.29, 1.82) is 0 Å². The Morgan fingerprint density at radius 3 is 2.74 bits per heavy atom. The maximum absolute atomic E-state index is 12.0. The molecule has 0 saturated heterocycles. The van der Waals surface area contributed by atoms with Crippen LogP contribution in [-0.4, -0.2) is 32.4 Å². The van der Waals surface area contributed by atoms with Crippen molar-refractivity contribution in [2.75, 3.05) is 11.6 Å². The first-order valence-electron chi connectivity index (χ1n) is 7.69. The third-order valence-corrected chi connectivity index (χ3v) is 4.80. The molecule has 9 nitrogen and oxygen atoms in total. The fourth-order valence-corrected chi connectivity index (χ4v) is 3.06. The number of hydrogen-bond acceptors (Lipinski definition) is 7. The predicted octanol–water partition coefficient (Wildman–Crippen LogP) is 1.77. The van der Waals surface area contributed by atoms with Gasteiger partial charge in [0.2, 0.25) is 11.1 Å². The van der Waals surface area contributed by atoms with Crippen LogP contribution in [0.1, 0.15) is 16.1 Å². The van der Waals surface area contributed by atoms with Crippen LogP contribution in [0.2, 0.25) is 5.02 Å². The van der Waals surface area contributed by atoms with Crippen LogP contribution in [-0.2, 0) is 4.79 Å². The normalized spacial score (nSPS) is 10.6. The molecule has 3 rings (SSSR count). The fraction of sp³-hybridized carbons (Fsp3) is 0.125. The zero-order valence-electron chi connectivity index (χ0n) is 14.1. The number of carbonyl (C=O) groups excluding carboxylic acids is 2. The summed E-state index contributed by atoms with van der Waals surface area (Å²) in [5.74, 6) is 6.08. The Labute approximate surface area is 163 Å². The van der Waals surface area contributed by atoms with Crippen molar-refractivity contribution in [2.24, 2.45) is 0 Å². The smallest absolute Gasteiger partial charge is 0.271 e. The third kappa shape index (κ3) is 4.23. The van der Waals surface area contributed by atoms with Crippen molar-refractivity contribution in [3.8, 4) is 11.4 Å². The van der Waals surface area contributed by atoms with Crippen LogP contribution in [0.5, 0.6) is 0 Å². The highest BCUT2D eigenvalue weighted by Crippen LogP contribution is 2.24. The van der Waals surface area contributed by atoms with Gasteiger partial charge in [0.15, 0.2) is 5.82 Å². The maximum Gasteiger partial charge on any atom is 0.271 e. The number of aromatic nitrogens is 3. The first-order valence-corrected chi connectivity index (χ1v) is 9.05. The van der Waals surface area contributed by atoms with Crippen LogP contribution in [0.3, 0.4) is 0 Å². The number of rotatable bonds is 5. The second kappa shape index (κ2) is 8.14. The summed E-state index contributed by atoms with van der Waals surface area (Å²) in [6.07, 6.45) is 1.53. The average molecular weight is 407 g/mol. The molecular formula is C16H15ClN6O3S. The van der Waals surface area contributed by atoms with Gasteiger partial charge >= 0.3 is 0 Å². The molecule has 0 aliphatic carbocycles. The summed E-state index contributed by atoms with van der Waals surface area (Å²) in [7, 11) is 0. The summed E-state index contributed by atoms with van der Waals surface area (Å²) < 4.78 is 6.50. The second-order valence-electron chi connectivity index (χ2n) is 5.34. The standard InChI is InChI=1S/C16H15ClN6O3S/c1-9-10(6-7-26-9)14-20-22-16(23(14)18)27-8-13(24)19-21-15(25)11-4-2-3-5-12(11)17/h2-7H,8,18H2,1H3,(H,19,24)(H,21,25). The monoisotopic (exact) mass is 406 g/mol. The van der Waals surface area contributed by atoms with Gasteiger partial charge in [-0.2, -0.15) is 0 Å². The molecular weight excluding hydrogens is 392 g/mol. The minimum Gasteiger partial charge on any atom is -0.469 e. The van der Waals surface area contributed by atoms with Crippen LogP contribution in [0.4, 0.5) is 0 Å². The summed E-state index contributed by atoms with van der Waals surface area (Å²) in [6, 6.07) is 8.24. The number of furan rings is 1. The largest absolute Gasteiger partial charge is 0.469 e. The van der Waals surface area contributed by atoms with E-state index in [0.29, 0.717) is 22.3 Å². The van der Waals surface area contributed by atoms with E-state index in [9.17, 15) is 9.59 Å². The molecule has 1 aromatic carbocycles. The first-order chi connectivity index (χ1) is 13.0. The topological polar surface area (TPSA) is 128 Å². The number of nitrogen functional groups attached to an aromatic ring is 1. The summed E-state index contributed by atoms with van der Waals surface area (Å²) in [4.78, 5) is 23.9. The number of amides is 2. The van der Waals surface area contributed by atoms with E-state index in [1.807, 2.05) is 0 Å². The van der Waals surface area contributed by atoms with E-state index in [0.717, 1.165) is 11.8 Å². The molecule has 0 atom stereocenters. The molecule has 0 aliphatic heterocycles. The lowest BCUT2D eigenvalue weighted by Gasteiger charge is -2.08. The lowest BCUT2D eigenvalue weighted by Crippen LogP contribution is -2.42. The van der Waals surface area contributed by atoms with Gasteiger partial charge in [0.05, 0.1) is 28.2 Å². The molecule has 0 spiro atoms. The Kier molecular flexibility index (Phi) is 5.67. The molecule has 140 valence electrons. The number of nitrogens with one attached hydrogen (secondary N) is 2. The van der Waals surface area contributed by atoms with Crippen molar-refractivity contribution in [3.63, 3.8) is 0 Å². The lowest BCUT2D eigenvalue weighted by molar-refractivity contribution is -0.119. The number of carbonyl (C=O) groups is 2. The molecule has 0 radical (unpaired) electrons. The van der Waals surface area contributed by atoms with Crippen molar-refractivity contribution in [2.45, 2.75) is 12.1 Å². The van der Waals surface area contributed by atoms with Crippen LogP contribution in [0.25, 0.3) is 11.4 Å². The van der Waals surface area contributed by atoms with E-state index >= 15 is 0 Å². The van der Waals surface area contributed by atoms with Crippen LogP contribution < -0.4 is 16.7 Å². The van der Waals surface area contributed by atoms with Gasteiger partial charge in [0.1, 0.15) is 5.76 Å². The molecule has 3 aromatic rings. The average Bonchev–Trinajstić information content (AvgIpc) is 3.23. The highest BCUT2D eigenvalue weighted by Gasteiger charge is 2.17. The predicted molar refractivity (Wildman–Crippen MR) is 100 cm³/mol. The van der Waals surface area contributed by atoms with Gasteiger partial charge in [-0.25, -0.2) is 4.68 Å². The molecule has 2 heterocycles. The molecule has 2 amide bonds. The van der Waals surface area contributed by atoms with Gasteiger partial charge in [-0.1, -0.05) is 35.5 Å². The number of thioether (sulfide) groups is 1. The summed E-state index contributed by atoms with van der Waals surface area (Å²) in [6.45, 7) is 1.78. The molecule has 11 heteroatoms. The number of hydrazine groups is 1. The van der Waals surface area contributed by atoms with Crippen LogP contribution in [0, 0.1) is 6.92 Å². The van der Waals surface area contributed by atoms with Crippen LogP contribution >= 0.6 is 23.4 Å². The van der Waals surface area contributed by atoms with Crippen molar-refractivity contribution in [3.05, 3.63) is 52.9 Å². The lowest BCUT2D eigenvalue weighted by atomic mass is 10.2. The zero-order valence-corrected chi connectivity index (χ0v) is 15.7. The Hall–Kier alpha value is -2.98. The molecule has 27 heavy (non-hydrogen) atoms. The SMILES string of the molecule is Cc1occc1-c1nnc(SCC(=O)NNC(=O)c2ccccc2Cl)n1N. The minimum atomic E-state index is -0.515. The maximum atomic E-state index is 12.0. The third-order valence-electron chi connectivity index (χ3n) is 3.53. The Bertz CT molecular complexity index is 986.